The van der Waals surface area contributed by atoms with Gasteiger partial charge in [0, 0.05) is 41.4 Å². The standard InChI is InChI=1S/C26H26F3N3O4/c27-26(28,29)35-22-4-2-1-3-20(22)23-21(24(36-31-23)16-5-6-16)15-34-19-11-13-32(14-12-19)18-9-7-17(8-10-18)25(30)33/h1-4,7-10,16,19H,5-6,11-15H2,(H2,30,33). The van der Waals surface area contributed by atoms with Crippen molar-refractivity contribution in [3.8, 4) is 17.0 Å². The molecule has 0 atom stereocenters. The molecule has 1 saturated carbocycles. The lowest BCUT2D eigenvalue weighted by Crippen LogP contribution is -2.37. The number of aromatic nitrogens is 1. The first kappa shape index (κ1) is 24.2. The van der Waals surface area contributed by atoms with Gasteiger partial charge in [-0.1, -0.05) is 17.3 Å². The van der Waals surface area contributed by atoms with Crippen LogP contribution in [0.4, 0.5) is 18.9 Å². The first-order valence-electron chi connectivity index (χ1n) is 11.9. The number of carbonyl (C=O) groups excluding carboxylic acids is 1. The van der Waals surface area contributed by atoms with E-state index in [0.29, 0.717) is 22.6 Å². The fourth-order valence-electron chi connectivity index (χ4n) is 4.53. The summed E-state index contributed by atoms with van der Waals surface area (Å²) in [7, 11) is 0. The molecule has 1 aromatic heterocycles. The van der Waals surface area contributed by atoms with Crippen LogP contribution >= 0.6 is 0 Å². The van der Waals surface area contributed by atoms with E-state index in [4.69, 9.17) is 15.0 Å². The minimum atomic E-state index is -4.82. The van der Waals surface area contributed by atoms with E-state index in [1.54, 1.807) is 24.3 Å². The molecule has 2 N–H and O–H groups in total. The maximum Gasteiger partial charge on any atom is 0.573 e. The first-order chi connectivity index (χ1) is 17.3. The third-order valence-corrected chi connectivity index (χ3v) is 6.56. The third kappa shape index (κ3) is 5.48. The van der Waals surface area contributed by atoms with Crippen molar-refractivity contribution in [3.63, 3.8) is 0 Å². The number of alkyl halides is 3. The number of hydrogen-bond donors (Lipinski definition) is 1. The van der Waals surface area contributed by atoms with E-state index in [1.165, 1.54) is 12.1 Å². The van der Waals surface area contributed by atoms with Crippen molar-refractivity contribution >= 4 is 11.6 Å². The Morgan fingerprint density at radius 3 is 2.39 bits per heavy atom. The van der Waals surface area contributed by atoms with Crippen LogP contribution in [0, 0.1) is 0 Å². The van der Waals surface area contributed by atoms with Crippen molar-refractivity contribution in [3.05, 3.63) is 65.4 Å². The van der Waals surface area contributed by atoms with Crippen molar-refractivity contribution in [1.29, 1.82) is 0 Å². The SMILES string of the molecule is NC(=O)c1ccc(N2CCC(OCc3c(-c4ccccc4OC(F)(F)F)noc3C3CC3)CC2)cc1. The van der Waals surface area contributed by atoms with Gasteiger partial charge in [-0.2, -0.15) is 0 Å². The number of amides is 1. The van der Waals surface area contributed by atoms with Gasteiger partial charge in [0.15, 0.2) is 0 Å². The molecular weight excluding hydrogens is 475 g/mol. The highest BCUT2D eigenvalue weighted by Gasteiger charge is 2.36. The number of hydrogen-bond acceptors (Lipinski definition) is 6. The van der Waals surface area contributed by atoms with Crippen LogP contribution in [0.1, 0.15) is 53.3 Å². The van der Waals surface area contributed by atoms with Crippen LogP contribution in [0.15, 0.2) is 53.1 Å². The number of ether oxygens (including phenoxy) is 2. The molecule has 2 heterocycles. The first-order valence-corrected chi connectivity index (χ1v) is 11.9. The maximum absolute atomic E-state index is 13.0. The number of para-hydroxylation sites is 1. The Balaban J connectivity index is 1.27. The molecule has 3 aromatic rings. The van der Waals surface area contributed by atoms with Crippen LogP contribution in [0.3, 0.4) is 0 Å². The highest BCUT2D eigenvalue weighted by Crippen LogP contribution is 2.45. The Labute approximate surface area is 205 Å². The lowest BCUT2D eigenvalue weighted by Gasteiger charge is -2.33. The van der Waals surface area contributed by atoms with Crippen molar-refractivity contribution < 1.29 is 32.0 Å². The molecule has 0 radical (unpaired) electrons. The van der Waals surface area contributed by atoms with Crippen LogP contribution in [-0.2, 0) is 11.3 Å². The summed E-state index contributed by atoms with van der Waals surface area (Å²) in [5.41, 5.74) is 8.02. The van der Waals surface area contributed by atoms with Gasteiger partial charge < -0.3 is 24.6 Å². The van der Waals surface area contributed by atoms with E-state index >= 15 is 0 Å². The van der Waals surface area contributed by atoms with E-state index in [2.05, 4.69) is 14.8 Å². The van der Waals surface area contributed by atoms with Gasteiger partial charge in [0.1, 0.15) is 17.2 Å². The summed E-state index contributed by atoms with van der Waals surface area (Å²) >= 11 is 0. The highest BCUT2D eigenvalue weighted by atomic mass is 19.4. The third-order valence-electron chi connectivity index (χ3n) is 6.56. The van der Waals surface area contributed by atoms with Crippen molar-refractivity contribution in [2.45, 2.75) is 50.7 Å². The molecule has 190 valence electrons. The summed E-state index contributed by atoms with van der Waals surface area (Å²) < 4.78 is 55.0. The van der Waals surface area contributed by atoms with Gasteiger partial charge in [0.2, 0.25) is 5.91 Å². The zero-order chi connectivity index (χ0) is 25.3. The molecule has 10 heteroatoms. The minimum Gasteiger partial charge on any atom is -0.405 e. The summed E-state index contributed by atoms with van der Waals surface area (Å²) in [6, 6.07) is 13.1. The molecule has 2 aliphatic rings. The average Bonchev–Trinajstić information content (AvgIpc) is 3.62. The Hall–Kier alpha value is -3.53. The van der Waals surface area contributed by atoms with E-state index in [1.807, 2.05) is 12.1 Å². The molecule has 2 aromatic carbocycles. The van der Waals surface area contributed by atoms with Crippen LogP contribution in [0.2, 0.25) is 0 Å². The predicted molar refractivity (Wildman–Crippen MR) is 126 cm³/mol. The van der Waals surface area contributed by atoms with Gasteiger partial charge in [-0.15, -0.1) is 13.2 Å². The second kappa shape index (κ2) is 9.85. The quantitative estimate of drug-likeness (QED) is 0.444. The summed E-state index contributed by atoms with van der Waals surface area (Å²) in [4.78, 5) is 13.5. The number of halogens is 3. The van der Waals surface area contributed by atoms with Gasteiger partial charge >= 0.3 is 6.36 Å². The molecule has 1 aliphatic carbocycles. The molecule has 0 unspecified atom stereocenters. The number of primary amides is 1. The van der Waals surface area contributed by atoms with E-state index in [-0.39, 0.29) is 29.9 Å². The van der Waals surface area contributed by atoms with Gasteiger partial charge in [-0.25, -0.2) is 0 Å². The van der Waals surface area contributed by atoms with E-state index in [9.17, 15) is 18.0 Å². The Bertz CT molecular complexity index is 1210. The summed E-state index contributed by atoms with van der Waals surface area (Å²) in [5.74, 6) is 0.113. The molecule has 0 bridgehead atoms. The lowest BCUT2D eigenvalue weighted by molar-refractivity contribution is -0.274. The highest BCUT2D eigenvalue weighted by molar-refractivity contribution is 5.93. The van der Waals surface area contributed by atoms with Crippen molar-refractivity contribution in [2.24, 2.45) is 5.73 Å². The van der Waals surface area contributed by atoms with E-state index < -0.39 is 12.3 Å². The number of anilines is 1. The van der Waals surface area contributed by atoms with Gasteiger partial charge in [0.25, 0.3) is 0 Å². The molecule has 2 fully saturated rings. The molecular formula is C26H26F3N3O4. The predicted octanol–water partition coefficient (Wildman–Crippen LogP) is 5.40. The van der Waals surface area contributed by atoms with Gasteiger partial charge in [-0.3, -0.25) is 4.79 Å². The maximum atomic E-state index is 13.0. The minimum absolute atomic E-state index is 0.0115. The second-order valence-electron chi connectivity index (χ2n) is 9.10. The average molecular weight is 502 g/mol. The Morgan fingerprint density at radius 2 is 1.75 bits per heavy atom. The molecule has 7 nitrogen and oxygen atoms in total. The molecule has 1 aliphatic heterocycles. The summed E-state index contributed by atoms with van der Waals surface area (Å²) in [5, 5.41) is 4.13. The Morgan fingerprint density at radius 1 is 1.06 bits per heavy atom. The van der Waals surface area contributed by atoms with Crippen LogP contribution in [-0.4, -0.2) is 36.6 Å². The number of rotatable bonds is 8. The normalized spacial score (nSPS) is 16.8. The molecule has 0 spiro atoms. The van der Waals surface area contributed by atoms with Crippen LogP contribution < -0.4 is 15.4 Å². The van der Waals surface area contributed by atoms with E-state index in [0.717, 1.165) is 44.5 Å². The number of benzene rings is 2. The second-order valence-corrected chi connectivity index (χ2v) is 9.10. The molecule has 1 saturated heterocycles. The Kier molecular flexibility index (Phi) is 6.61. The molecule has 36 heavy (non-hydrogen) atoms. The molecule has 5 rings (SSSR count). The molecule has 1 amide bonds. The number of carbonyl (C=O) groups is 1. The van der Waals surface area contributed by atoms with Gasteiger partial charge in [-0.05, 0) is 62.1 Å². The van der Waals surface area contributed by atoms with Gasteiger partial charge in [0.05, 0.1) is 12.7 Å². The fourth-order valence-corrected chi connectivity index (χ4v) is 4.53. The zero-order valence-electron chi connectivity index (χ0n) is 19.5. The number of piperidine rings is 1. The van der Waals surface area contributed by atoms with Crippen molar-refractivity contribution in [1.82, 2.24) is 5.16 Å². The fraction of sp³-hybridized carbons (Fsp3) is 0.385. The van der Waals surface area contributed by atoms with Crippen molar-refractivity contribution in [2.75, 3.05) is 18.0 Å². The monoisotopic (exact) mass is 501 g/mol. The summed E-state index contributed by atoms with van der Waals surface area (Å²) in [6.07, 6.45) is -1.35. The topological polar surface area (TPSA) is 90.8 Å². The van der Waals surface area contributed by atoms with Crippen LogP contribution in [0.25, 0.3) is 11.3 Å². The summed E-state index contributed by atoms with van der Waals surface area (Å²) in [6.45, 7) is 1.74. The van der Waals surface area contributed by atoms with Crippen LogP contribution in [0.5, 0.6) is 5.75 Å². The smallest absolute Gasteiger partial charge is 0.405 e. The number of nitrogens with zero attached hydrogens (tertiary/aromatic N) is 2. The lowest BCUT2D eigenvalue weighted by atomic mass is 10.0. The number of nitrogens with two attached hydrogens (primary N) is 1. The largest absolute Gasteiger partial charge is 0.573 e. The zero-order valence-corrected chi connectivity index (χ0v) is 19.5.